The van der Waals surface area contributed by atoms with Crippen molar-refractivity contribution in [1.29, 1.82) is 0 Å². The third kappa shape index (κ3) is 3.43. The summed E-state index contributed by atoms with van der Waals surface area (Å²) in [5.74, 6) is 0.0434. The van der Waals surface area contributed by atoms with Gasteiger partial charge in [0.15, 0.2) is 0 Å². The predicted molar refractivity (Wildman–Crippen MR) is 83.8 cm³/mol. The fourth-order valence-corrected chi connectivity index (χ4v) is 3.18. The summed E-state index contributed by atoms with van der Waals surface area (Å²) in [6.07, 6.45) is 6.34. The van der Waals surface area contributed by atoms with Gasteiger partial charge >= 0.3 is 0 Å². The van der Waals surface area contributed by atoms with Crippen LogP contribution in [-0.2, 0) is 0 Å². The number of amides is 1. The molecule has 2 aliphatic rings. The summed E-state index contributed by atoms with van der Waals surface area (Å²) in [5, 5.41) is 3.60. The molecule has 1 amide bonds. The first-order valence-corrected chi connectivity index (χ1v) is 6.68. The molecule has 2 atom stereocenters. The standard InChI is InChI=1S/C14H19N3O.2ClH/c1-17(14(18)13-4-2-3-7-15-13)12-8-10-5-6-11(9-12)16-10;;/h2-4,7,10-12,16H,5-6,8-9H2,1H3;2*1H. The minimum atomic E-state index is 0. The maximum absolute atomic E-state index is 12.3. The normalized spacial score (nSPS) is 27.1. The highest BCUT2D eigenvalue weighted by Gasteiger charge is 2.36. The number of aromatic nitrogens is 1. The van der Waals surface area contributed by atoms with Crippen LogP contribution in [0, 0.1) is 0 Å². The van der Waals surface area contributed by atoms with E-state index in [2.05, 4.69) is 10.3 Å². The molecule has 1 aromatic heterocycles. The summed E-state index contributed by atoms with van der Waals surface area (Å²) in [5.41, 5.74) is 0.547. The van der Waals surface area contributed by atoms with Crippen LogP contribution in [0.3, 0.4) is 0 Å². The monoisotopic (exact) mass is 317 g/mol. The van der Waals surface area contributed by atoms with Crippen molar-refractivity contribution >= 4 is 30.7 Å². The first-order valence-electron chi connectivity index (χ1n) is 6.68. The van der Waals surface area contributed by atoms with Crippen LogP contribution in [0.5, 0.6) is 0 Å². The molecule has 6 heteroatoms. The number of carbonyl (C=O) groups is 1. The van der Waals surface area contributed by atoms with E-state index in [-0.39, 0.29) is 30.7 Å². The minimum absolute atomic E-state index is 0. The van der Waals surface area contributed by atoms with E-state index in [1.165, 1.54) is 12.8 Å². The highest BCUT2D eigenvalue weighted by molar-refractivity contribution is 5.92. The first-order chi connectivity index (χ1) is 8.74. The van der Waals surface area contributed by atoms with Crippen molar-refractivity contribution in [3.05, 3.63) is 30.1 Å². The SMILES string of the molecule is CN(C(=O)c1ccccn1)C1CC2CCC(C1)N2.Cl.Cl. The summed E-state index contributed by atoms with van der Waals surface area (Å²) < 4.78 is 0. The van der Waals surface area contributed by atoms with Crippen LogP contribution >= 0.6 is 24.8 Å². The molecular formula is C14H21Cl2N3O. The molecule has 0 spiro atoms. The second kappa shape index (κ2) is 7.25. The lowest BCUT2D eigenvalue weighted by Gasteiger charge is -2.35. The Morgan fingerprint density at radius 2 is 1.90 bits per heavy atom. The van der Waals surface area contributed by atoms with Crippen LogP contribution < -0.4 is 5.32 Å². The molecular weight excluding hydrogens is 297 g/mol. The van der Waals surface area contributed by atoms with Gasteiger partial charge in [0.2, 0.25) is 0 Å². The van der Waals surface area contributed by atoms with Crippen molar-refractivity contribution in [2.75, 3.05) is 7.05 Å². The van der Waals surface area contributed by atoms with Gasteiger partial charge < -0.3 is 10.2 Å². The zero-order valence-corrected chi connectivity index (χ0v) is 13.1. The van der Waals surface area contributed by atoms with Crippen molar-refractivity contribution in [3.8, 4) is 0 Å². The Morgan fingerprint density at radius 1 is 1.25 bits per heavy atom. The molecule has 20 heavy (non-hydrogen) atoms. The molecule has 2 unspecified atom stereocenters. The van der Waals surface area contributed by atoms with Gasteiger partial charge in [-0.25, -0.2) is 0 Å². The van der Waals surface area contributed by atoms with Gasteiger partial charge in [0, 0.05) is 31.4 Å². The van der Waals surface area contributed by atoms with E-state index in [4.69, 9.17) is 0 Å². The lowest BCUT2D eigenvalue weighted by atomic mass is 9.98. The van der Waals surface area contributed by atoms with Crippen LogP contribution in [-0.4, -0.2) is 41.0 Å². The maximum Gasteiger partial charge on any atom is 0.272 e. The molecule has 2 fully saturated rings. The molecule has 1 aromatic rings. The van der Waals surface area contributed by atoms with Crippen LogP contribution in [0.1, 0.15) is 36.2 Å². The largest absolute Gasteiger partial charge is 0.337 e. The average Bonchev–Trinajstić information content (AvgIpc) is 2.77. The van der Waals surface area contributed by atoms with Gasteiger partial charge in [0.1, 0.15) is 5.69 Å². The summed E-state index contributed by atoms with van der Waals surface area (Å²) in [7, 11) is 1.91. The van der Waals surface area contributed by atoms with Crippen LogP contribution in [0.25, 0.3) is 0 Å². The van der Waals surface area contributed by atoms with Gasteiger partial charge in [-0.1, -0.05) is 6.07 Å². The Labute approximate surface area is 132 Å². The van der Waals surface area contributed by atoms with E-state index < -0.39 is 0 Å². The molecule has 3 rings (SSSR count). The van der Waals surface area contributed by atoms with Crippen molar-refractivity contribution in [3.63, 3.8) is 0 Å². The predicted octanol–water partition coefficient (Wildman–Crippen LogP) is 2.28. The summed E-state index contributed by atoms with van der Waals surface area (Å²) >= 11 is 0. The summed E-state index contributed by atoms with van der Waals surface area (Å²) in [6, 6.07) is 7.05. The second-order valence-electron chi connectivity index (χ2n) is 5.39. The van der Waals surface area contributed by atoms with Crippen molar-refractivity contribution < 1.29 is 4.79 Å². The fraction of sp³-hybridized carbons (Fsp3) is 0.571. The Kier molecular flexibility index (Phi) is 6.24. The number of carbonyl (C=O) groups excluding carboxylic acids is 1. The summed E-state index contributed by atoms with van der Waals surface area (Å²) in [6.45, 7) is 0. The third-order valence-electron chi connectivity index (χ3n) is 4.20. The van der Waals surface area contributed by atoms with Crippen LogP contribution in [0.4, 0.5) is 0 Å². The smallest absolute Gasteiger partial charge is 0.272 e. The van der Waals surface area contributed by atoms with E-state index in [1.54, 1.807) is 12.3 Å². The number of nitrogens with zero attached hydrogens (tertiary/aromatic N) is 2. The van der Waals surface area contributed by atoms with Gasteiger partial charge in [-0.3, -0.25) is 9.78 Å². The number of piperidine rings is 1. The van der Waals surface area contributed by atoms with Crippen molar-refractivity contribution in [2.24, 2.45) is 0 Å². The molecule has 1 N–H and O–H groups in total. The quantitative estimate of drug-likeness (QED) is 0.910. The fourth-order valence-electron chi connectivity index (χ4n) is 3.18. The van der Waals surface area contributed by atoms with Crippen molar-refractivity contribution in [2.45, 2.75) is 43.8 Å². The number of rotatable bonds is 2. The lowest BCUT2D eigenvalue weighted by molar-refractivity contribution is 0.0676. The number of nitrogens with one attached hydrogen (secondary N) is 1. The average molecular weight is 318 g/mol. The molecule has 2 bridgehead atoms. The van der Waals surface area contributed by atoms with E-state index in [0.717, 1.165) is 12.8 Å². The van der Waals surface area contributed by atoms with E-state index in [0.29, 0.717) is 23.8 Å². The van der Waals surface area contributed by atoms with Gasteiger partial charge in [-0.05, 0) is 37.8 Å². The van der Waals surface area contributed by atoms with Crippen LogP contribution in [0.15, 0.2) is 24.4 Å². The first kappa shape index (κ1) is 17.2. The zero-order chi connectivity index (χ0) is 12.5. The lowest BCUT2D eigenvalue weighted by Crippen LogP contribution is -2.48. The van der Waals surface area contributed by atoms with E-state index >= 15 is 0 Å². The van der Waals surface area contributed by atoms with Gasteiger partial charge in [0.25, 0.3) is 5.91 Å². The Morgan fingerprint density at radius 3 is 2.45 bits per heavy atom. The molecule has 0 saturated carbocycles. The molecule has 3 heterocycles. The Hall–Kier alpha value is -0.840. The zero-order valence-electron chi connectivity index (χ0n) is 11.5. The number of hydrogen-bond acceptors (Lipinski definition) is 3. The molecule has 0 aromatic carbocycles. The molecule has 4 nitrogen and oxygen atoms in total. The second-order valence-corrected chi connectivity index (χ2v) is 5.39. The maximum atomic E-state index is 12.3. The Bertz CT molecular complexity index is 431. The molecule has 0 aliphatic carbocycles. The number of fused-ring (bicyclic) bond motifs is 2. The van der Waals surface area contributed by atoms with Crippen LogP contribution in [0.2, 0.25) is 0 Å². The number of halogens is 2. The highest BCUT2D eigenvalue weighted by atomic mass is 35.5. The highest BCUT2D eigenvalue weighted by Crippen LogP contribution is 2.29. The minimum Gasteiger partial charge on any atom is -0.337 e. The summed E-state index contributed by atoms with van der Waals surface area (Å²) in [4.78, 5) is 18.3. The third-order valence-corrected chi connectivity index (χ3v) is 4.20. The molecule has 0 radical (unpaired) electrons. The van der Waals surface area contributed by atoms with Crippen molar-refractivity contribution in [1.82, 2.24) is 15.2 Å². The number of hydrogen-bond donors (Lipinski definition) is 1. The van der Waals surface area contributed by atoms with Gasteiger partial charge in [0.05, 0.1) is 0 Å². The van der Waals surface area contributed by atoms with E-state index in [9.17, 15) is 4.79 Å². The van der Waals surface area contributed by atoms with E-state index in [1.807, 2.05) is 24.1 Å². The van der Waals surface area contributed by atoms with Gasteiger partial charge in [-0.15, -0.1) is 24.8 Å². The molecule has 2 saturated heterocycles. The topological polar surface area (TPSA) is 45.2 Å². The van der Waals surface area contributed by atoms with Gasteiger partial charge in [-0.2, -0.15) is 0 Å². The molecule has 112 valence electrons. The Balaban J connectivity index is 0.000001000. The number of pyridine rings is 1. The molecule has 2 aliphatic heterocycles.